The lowest BCUT2D eigenvalue weighted by Gasteiger charge is -2.44. The largest absolute Gasteiger partial charge is 0.497 e. The Labute approximate surface area is 171 Å². The van der Waals surface area contributed by atoms with Crippen LogP contribution in [0.1, 0.15) is 59.9 Å². The van der Waals surface area contributed by atoms with Crippen LogP contribution in [0.25, 0.3) is 0 Å². The van der Waals surface area contributed by atoms with Gasteiger partial charge in [-0.25, -0.2) is 0 Å². The molecule has 156 valence electrons. The van der Waals surface area contributed by atoms with Crippen molar-refractivity contribution in [3.05, 3.63) is 29.8 Å². The van der Waals surface area contributed by atoms with Gasteiger partial charge in [-0.15, -0.1) is 0 Å². The predicted octanol–water partition coefficient (Wildman–Crippen LogP) is 5.38. The monoisotopic (exact) mass is 403 g/mol. The molecular weight excluding hydrogens is 366 g/mol. The van der Waals surface area contributed by atoms with Gasteiger partial charge in [0, 0.05) is 13.0 Å². The molecule has 1 amide bonds. The van der Waals surface area contributed by atoms with Crippen LogP contribution < -0.4 is 4.74 Å². The second kappa shape index (κ2) is 7.83. The third-order valence-corrected chi connectivity index (χ3v) is 13.3. The molecule has 1 aliphatic heterocycles. The first-order chi connectivity index (χ1) is 13.2. The van der Waals surface area contributed by atoms with E-state index in [0.717, 1.165) is 17.7 Å². The van der Waals surface area contributed by atoms with Gasteiger partial charge >= 0.3 is 0 Å². The highest BCUT2D eigenvalue weighted by Gasteiger charge is 2.66. The molecule has 0 unspecified atom stereocenters. The van der Waals surface area contributed by atoms with E-state index < -0.39 is 8.32 Å². The maximum atomic E-state index is 12.7. The van der Waals surface area contributed by atoms with E-state index in [9.17, 15) is 4.79 Å². The van der Waals surface area contributed by atoms with Gasteiger partial charge in [-0.3, -0.25) is 4.79 Å². The summed E-state index contributed by atoms with van der Waals surface area (Å²) in [7, 11) is -0.251. The predicted molar refractivity (Wildman–Crippen MR) is 116 cm³/mol. The fraction of sp³-hybridized carbons (Fsp3) is 0.696. The minimum absolute atomic E-state index is 0.0755. The number of amides is 1. The van der Waals surface area contributed by atoms with Crippen LogP contribution >= 0.6 is 0 Å². The topological polar surface area (TPSA) is 38.8 Å². The molecule has 1 aromatic carbocycles. The van der Waals surface area contributed by atoms with Gasteiger partial charge in [0.15, 0.2) is 8.32 Å². The number of nitrogens with zero attached hydrogens (tertiary/aromatic N) is 1. The van der Waals surface area contributed by atoms with Crippen LogP contribution in [0, 0.1) is 5.92 Å². The van der Waals surface area contributed by atoms with Crippen LogP contribution in [0.2, 0.25) is 16.6 Å². The fourth-order valence-electron chi connectivity index (χ4n) is 5.69. The number of methoxy groups -OCH3 is 1. The summed E-state index contributed by atoms with van der Waals surface area (Å²) in [6, 6.07) is 8.06. The summed E-state index contributed by atoms with van der Waals surface area (Å²) in [4.78, 5) is 14.8. The standard InChI is InChI=1S/C23H37NO3Si/c1-16(2)28(17(3)4,18(5)6)27-15-23-13-20(23)12-22(25)24(23)14-19-8-10-21(26-7)11-9-19/h8-11,16-18,20H,12-15H2,1-7H3/t20-,23-/m0/s1. The highest BCUT2D eigenvalue weighted by atomic mass is 28.4. The third-order valence-electron chi connectivity index (χ3n) is 7.24. The number of fused-ring (bicyclic) bond motifs is 1. The van der Waals surface area contributed by atoms with Crippen LogP contribution in [0.15, 0.2) is 24.3 Å². The van der Waals surface area contributed by atoms with Crippen LogP contribution in [0.3, 0.4) is 0 Å². The Morgan fingerprint density at radius 3 is 2.14 bits per heavy atom. The van der Waals surface area contributed by atoms with Gasteiger partial charge in [0.1, 0.15) is 5.75 Å². The van der Waals surface area contributed by atoms with Gasteiger partial charge in [-0.1, -0.05) is 53.7 Å². The number of hydrogen-bond donors (Lipinski definition) is 0. The Morgan fingerprint density at radius 2 is 1.64 bits per heavy atom. The summed E-state index contributed by atoms with van der Waals surface area (Å²) in [5.74, 6) is 1.60. The van der Waals surface area contributed by atoms with Gasteiger partial charge < -0.3 is 14.1 Å². The van der Waals surface area contributed by atoms with Gasteiger partial charge in [0.25, 0.3) is 0 Å². The SMILES string of the molecule is COc1ccc(CN2C(=O)C[C@H]3C[C@]32CO[Si](C(C)C)(C(C)C)C(C)C)cc1. The zero-order valence-corrected chi connectivity index (χ0v) is 19.6. The molecule has 0 N–H and O–H groups in total. The molecule has 0 spiro atoms. The Kier molecular flexibility index (Phi) is 5.98. The molecule has 0 radical (unpaired) electrons. The lowest BCUT2D eigenvalue weighted by atomic mass is 10.1. The number of likely N-dealkylation sites (tertiary alicyclic amines) is 1. The molecule has 4 nitrogen and oxygen atoms in total. The molecule has 1 aliphatic carbocycles. The average Bonchev–Trinajstić information content (AvgIpc) is 3.26. The van der Waals surface area contributed by atoms with Gasteiger partial charge in [-0.05, 0) is 46.7 Å². The first kappa shape index (κ1) is 21.4. The molecule has 5 heteroatoms. The number of rotatable bonds is 9. The molecule has 2 atom stereocenters. The van der Waals surface area contributed by atoms with Crippen LogP contribution in [0.4, 0.5) is 0 Å². The maximum absolute atomic E-state index is 12.7. The van der Waals surface area contributed by atoms with E-state index >= 15 is 0 Å². The molecule has 2 fully saturated rings. The zero-order valence-electron chi connectivity index (χ0n) is 18.6. The van der Waals surface area contributed by atoms with Crippen molar-refractivity contribution in [3.63, 3.8) is 0 Å². The van der Waals surface area contributed by atoms with Crippen molar-refractivity contribution in [1.82, 2.24) is 4.90 Å². The highest BCUT2D eigenvalue weighted by molar-refractivity contribution is 6.77. The van der Waals surface area contributed by atoms with Crippen molar-refractivity contribution in [1.29, 1.82) is 0 Å². The fourth-order valence-corrected chi connectivity index (χ4v) is 11.2. The molecule has 0 bridgehead atoms. The Hall–Kier alpha value is -1.33. The van der Waals surface area contributed by atoms with E-state index in [0.29, 0.717) is 42.1 Å². The number of ether oxygens (including phenoxy) is 1. The van der Waals surface area contributed by atoms with Crippen molar-refractivity contribution in [2.75, 3.05) is 13.7 Å². The molecule has 1 saturated carbocycles. The van der Waals surface area contributed by atoms with Gasteiger partial charge in [-0.2, -0.15) is 0 Å². The third kappa shape index (κ3) is 3.52. The molecule has 28 heavy (non-hydrogen) atoms. The van der Waals surface area contributed by atoms with Crippen molar-refractivity contribution in [3.8, 4) is 5.75 Å². The highest BCUT2D eigenvalue weighted by Crippen LogP contribution is 2.58. The van der Waals surface area contributed by atoms with Crippen LogP contribution in [-0.4, -0.2) is 38.4 Å². The minimum Gasteiger partial charge on any atom is -0.497 e. The van der Waals surface area contributed by atoms with Gasteiger partial charge in [0.2, 0.25) is 5.91 Å². The Bertz CT molecular complexity index is 679. The molecular formula is C23H37NO3Si. The van der Waals surface area contributed by atoms with Crippen molar-refractivity contribution in [2.24, 2.45) is 5.92 Å². The number of carbonyl (C=O) groups excluding carboxylic acids is 1. The van der Waals surface area contributed by atoms with E-state index in [2.05, 4.69) is 58.6 Å². The number of hydrogen-bond acceptors (Lipinski definition) is 3. The molecule has 0 aromatic heterocycles. The lowest BCUT2D eigenvalue weighted by Crippen LogP contribution is -2.51. The summed E-state index contributed by atoms with van der Waals surface area (Å²) in [5.41, 5.74) is 2.77. The second-order valence-corrected chi connectivity index (χ2v) is 15.1. The molecule has 1 saturated heterocycles. The first-order valence-electron chi connectivity index (χ1n) is 10.7. The quantitative estimate of drug-likeness (QED) is 0.520. The normalized spacial score (nSPS) is 24.4. The molecule has 2 aliphatic rings. The first-order valence-corrected chi connectivity index (χ1v) is 12.9. The van der Waals surface area contributed by atoms with Crippen LogP contribution in [-0.2, 0) is 15.8 Å². The summed E-state index contributed by atoms with van der Waals surface area (Å²) in [5, 5.41) is 0. The molecule has 1 heterocycles. The summed E-state index contributed by atoms with van der Waals surface area (Å²) < 4.78 is 12.2. The smallest absolute Gasteiger partial charge is 0.223 e. The molecule has 1 aromatic rings. The van der Waals surface area contributed by atoms with E-state index in [1.54, 1.807) is 7.11 Å². The Morgan fingerprint density at radius 1 is 1.07 bits per heavy atom. The number of piperidine rings is 1. The van der Waals surface area contributed by atoms with Gasteiger partial charge in [0.05, 0.1) is 19.3 Å². The van der Waals surface area contributed by atoms with E-state index in [4.69, 9.17) is 9.16 Å². The van der Waals surface area contributed by atoms with Crippen molar-refractivity contribution in [2.45, 2.75) is 83.1 Å². The van der Waals surface area contributed by atoms with E-state index in [-0.39, 0.29) is 11.4 Å². The summed E-state index contributed by atoms with van der Waals surface area (Å²) in [6.07, 6.45) is 1.77. The zero-order chi connectivity index (χ0) is 20.7. The maximum Gasteiger partial charge on any atom is 0.223 e. The van der Waals surface area contributed by atoms with E-state index in [1.807, 2.05) is 12.1 Å². The summed E-state index contributed by atoms with van der Waals surface area (Å²) in [6.45, 7) is 15.3. The van der Waals surface area contributed by atoms with Crippen molar-refractivity contribution < 1.29 is 14.0 Å². The average molecular weight is 404 g/mol. The van der Waals surface area contributed by atoms with Crippen LogP contribution in [0.5, 0.6) is 5.75 Å². The Balaban J connectivity index is 1.77. The second-order valence-electron chi connectivity index (χ2n) is 9.64. The lowest BCUT2D eigenvalue weighted by molar-refractivity contribution is -0.132. The minimum atomic E-state index is -1.93. The molecule has 3 rings (SSSR count). The number of carbonyl (C=O) groups is 1. The number of benzene rings is 1. The van der Waals surface area contributed by atoms with Crippen molar-refractivity contribution >= 4 is 14.2 Å². The summed E-state index contributed by atoms with van der Waals surface area (Å²) >= 11 is 0. The van der Waals surface area contributed by atoms with E-state index in [1.165, 1.54) is 0 Å².